The van der Waals surface area contributed by atoms with Crippen LogP contribution in [0, 0.1) is 0 Å². The highest BCUT2D eigenvalue weighted by atomic mass is 16.3. The van der Waals surface area contributed by atoms with Crippen LogP contribution in [0.25, 0.3) is 0 Å². The van der Waals surface area contributed by atoms with E-state index < -0.39 is 6.04 Å². The van der Waals surface area contributed by atoms with Gasteiger partial charge in [0.25, 0.3) is 0 Å². The summed E-state index contributed by atoms with van der Waals surface area (Å²) in [6.45, 7) is 1.82. The van der Waals surface area contributed by atoms with Gasteiger partial charge in [-0.25, -0.2) is 0 Å². The Morgan fingerprint density at radius 3 is 2.93 bits per heavy atom. The molecule has 2 amide bonds. The first-order valence-corrected chi connectivity index (χ1v) is 4.88. The van der Waals surface area contributed by atoms with Crippen LogP contribution in [0.3, 0.4) is 0 Å². The van der Waals surface area contributed by atoms with Crippen LogP contribution in [0.2, 0.25) is 0 Å². The Bertz CT molecular complexity index is 226. The number of aliphatic hydroxyl groups excluding tert-OH is 1. The van der Waals surface area contributed by atoms with E-state index in [1.54, 1.807) is 0 Å². The van der Waals surface area contributed by atoms with Crippen molar-refractivity contribution in [3.05, 3.63) is 0 Å². The monoisotopic (exact) mass is 200 g/mol. The predicted octanol–water partition coefficient (Wildman–Crippen LogP) is -0.848. The Morgan fingerprint density at radius 1 is 1.79 bits per heavy atom. The molecule has 14 heavy (non-hydrogen) atoms. The molecule has 1 aliphatic heterocycles. The molecule has 0 aliphatic carbocycles. The van der Waals surface area contributed by atoms with E-state index in [1.165, 1.54) is 0 Å². The van der Waals surface area contributed by atoms with Crippen LogP contribution in [-0.4, -0.2) is 35.6 Å². The Balaban J connectivity index is 2.38. The van der Waals surface area contributed by atoms with Crippen molar-refractivity contribution >= 4 is 11.8 Å². The average molecular weight is 200 g/mol. The molecule has 5 heteroatoms. The molecule has 5 nitrogen and oxygen atoms in total. The third kappa shape index (κ3) is 2.70. The maximum Gasteiger partial charge on any atom is 0.242 e. The van der Waals surface area contributed by atoms with Gasteiger partial charge in [0, 0.05) is 6.42 Å². The standard InChI is InChI=1S/C9H16N2O3/c1-2-6(5-12)10-9(14)7-3-4-8(13)11-7/h6-7,12H,2-5H2,1H3,(H,10,14)(H,11,13)/t6-,7+/m0/s1. The Hall–Kier alpha value is -1.10. The van der Waals surface area contributed by atoms with Crippen molar-refractivity contribution < 1.29 is 14.7 Å². The van der Waals surface area contributed by atoms with Crippen molar-refractivity contribution in [2.24, 2.45) is 0 Å². The smallest absolute Gasteiger partial charge is 0.242 e. The van der Waals surface area contributed by atoms with Crippen molar-refractivity contribution in [1.82, 2.24) is 10.6 Å². The van der Waals surface area contributed by atoms with Crippen LogP contribution in [-0.2, 0) is 9.59 Å². The number of aliphatic hydroxyl groups is 1. The lowest BCUT2D eigenvalue weighted by Gasteiger charge is -2.17. The zero-order chi connectivity index (χ0) is 10.6. The van der Waals surface area contributed by atoms with Crippen LogP contribution < -0.4 is 10.6 Å². The molecule has 1 saturated heterocycles. The van der Waals surface area contributed by atoms with Crippen molar-refractivity contribution in [3.63, 3.8) is 0 Å². The van der Waals surface area contributed by atoms with Crippen LogP contribution in [0.5, 0.6) is 0 Å². The van der Waals surface area contributed by atoms with Gasteiger partial charge in [-0.2, -0.15) is 0 Å². The summed E-state index contributed by atoms with van der Waals surface area (Å²) in [5.41, 5.74) is 0. The summed E-state index contributed by atoms with van der Waals surface area (Å²) in [6.07, 6.45) is 1.64. The number of hydrogen-bond acceptors (Lipinski definition) is 3. The minimum Gasteiger partial charge on any atom is -0.394 e. The Labute approximate surface area is 82.9 Å². The molecule has 0 aromatic carbocycles. The lowest BCUT2D eigenvalue weighted by molar-refractivity contribution is -0.126. The number of amides is 2. The minimum absolute atomic E-state index is 0.0666. The molecule has 2 atom stereocenters. The number of carbonyl (C=O) groups excluding carboxylic acids is 2. The zero-order valence-electron chi connectivity index (χ0n) is 8.25. The molecule has 0 unspecified atom stereocenters. The van der Waals surface area contributed by atoms with Crippen molar-refractivity contribution in [2.75, 3.05) is 6.61 Å². The lowest BCUT2D eigenvalue weighted by atomic mass is 10.2. The highest BCUT2D eigenvalue weighted by Gasteiger charge is 2.27. The first-order valence-electron chi connectivity index (χ1n) is 4.88. The lowest BCUT2D eigenvalue weighted by Crippen LogP contribution is -2.46. The van der Waals surface area contributed by atoms with Gasteiger partial charge in [0.1, 0.15) is 6.04 Å². The first kappa shape index (κ1) is 11.0. The normalized spacial score (nSPS) is 23.0. The Kier molecular flexibility index (Phi) is 3.88. The number of hydrogen-bond donors (Lipinski definition) is 3. The van der Waals surface area contributed by atoms with Gasteiger partial charge in [-0.3, -0.25) is 9.59 Å². The molecule has 1 fully saturated rings. The topological polar surface area (TPSA) is 78.4 Å². The van der Waals surface area contributed by atoms with E-state index in [1.807, 2.05) is 6.92 Å². The van der Waals surface area contributed by atoms with E-state index >= 15 is 0 Å². The molecular formula is C9H16N2O3. The maximum atomic E-state index is 11.5. The minimum atomic E-state index is -0.414. The van der Waals surface area contributed by atoms with Crippen molar-refractivity contribution in [3.8, 4) is 0 Å². The molecule has 0 aromatic rings. The fourth-order valence-corrected chi connectivity index (χ4v) is 1.39. The van der Waals surface area contributed by atoms with E-state index in [4.69, 9.17) is 5.11 Å². The molecule has 1 heterocycles. The second kappa shape index (κ2) is 4.95. The quantitative estimate of drug-likeness (QED) is 0.553. The molecule has 0 aromatic heterocycles. The summed E-state index contributed by atoms with van der Waals surface area (Å²) in [5.74, 6) is -0.279. The molecule has 0 saturated carbocycles. The molecule has 3 N–H and O–H groups in total. The fraction of sp³-hybridized carbons (Fsp3) is 0.778. The molecule has 0 radical (unpaired) electrons. The highest BCUT2D eigenvalue weighted by Crippen LogP contribution is 2.06. The Morgan fingerprint density at radius 2 is 2.50 bits per heavy atom. The van der Waals surface area contributed by atoms with E-state index in [0.717, 1.165) is 0 Å². The maximum absolute atomic E-state index is 11.5. The molecule has 1 aliphatic rings. The van der Waals surface area contributed by atoms with Gasteiger partial charge in [0.05, 0.1) is 12.6 Å². The average Bonchev–Trinajstić information content (AvgIpc) is 2.61. The summed E-state index contributed by atoms with van der Waals surface area (Å²) in [7, 11) is 0. The number of rotatable bonds is 4. The number of nitrogens with one attached hydrogen (secondary N) is 2. The third-order valence-electron chi connectivity index (χ3n) is 2.37. The van der Waals surface area contributed by atoms with Crippen molar-refractivity contribution in [1.29, 1.82) is 0 Å². The van der Waals surface area contributed by atoms with Crippen molar-refractivity contribution in [2.45, 2.75) is 38.3 Å². The van der Waals surface area contributed by atoms with E-state index in [0.29, 0.717) is 19.3 Å². The summed E-state index contributed by atoms with van der Waals surface area (Å²) < 4.78 is 0. The summed E-state index contributed by atoms with van der Waals surface area (Å²) >= 11 is 0. The summed E-state index contributed by atoms with van der Waals surface area (Å²) in [6, 6.07) is -0.622. The van der Waals surface area contributed by atoms with Crippen LogP contribution in [0.15, 0.2) is 0 Å². The molecule has 1 rings (SSSR count). The molecular weight excluding hydrogens is 184 g/mol. The molecule has 0 bridgehead atoms. The second-order valence-electron chi connectivity index (χ2n) is 3.46. The summed E-state index contributed by atoms with van der Waals surface area (Å²) in [4.78, 5) is 22.3. The van der Waals surface area contributed by atoms with Gasteiger partial charge < -0.3 is 15.7 Å². The highest BCUT2D eigenvalue weighted by molar-refractivity contribution is 5.90. The van der Waals surface area contributed by atoms with Crippen LogP contribution in [0.4, 0.5) is 0 Å². The number of carbonyl (C=O) groups is 2. The zero-order valence-corrected chi connectivity index (χ0v) is 8.25. The predicted molar refractivity (Wildman–Crippen MR) is 50.5 cm³/mol. The van der Waals surface area contributed by atoms with E-state index in [-0.39, 0.29) is 24.5 Å². The van der Waals surface area contributed by atoms with Gasteiger partial charge in [-0.05, 0) is 12.8 Å². The third-order valence-corrected chi connectivity index (χ3v) is 2.37. The SMILES string of the molecule is CC[C@@H](CO)NC(=O)[C@H]1CCC(=O)N1. The fourth-order valence-electron chi connectivity index (χ4n) is 1.39. The van der Waals surface area contributed by atoms with Gasteiger partial charge in [-0.15, -0.1) is 0 Å². The van der Waals surface area contributed by atoms with Gasteiger partial charge in [-0.1, -0.05) is 6.92 Å². The van der Waals surface area contributed by atoms with Gasteiger partial charge >= 0.3 is 0 Å². The largest absolute Gasteiger partial charge is 0.394 e. The molecule has 0 spiro atoms. The van der Waals surface area contributed by atoms with Gasteiger partial charge in [0.2, 0.25) is 11.8 Å². The van der Waals surface area contributed by atoms with Crippen LogP contribution in [0.1, 0.15) is 26.2 Å². The first-order chi connectivity index (χ1) is 6.67. The molecule has 80 valence electrons. The van der Waals surface area contributed by atoms with Gasteiger partial charge in [0.15, 0.2) is 0 Å². The second-order valence-corrected chi connectivity index (χ2v) is 3.46. The van der Waals surface area contributed by atoms with E-state index in [2.05, 4.69) is 10.6 Å². The van der Waals surface area contributed by atoms with Crippen LogP contribution >= 0.6 is 0 Å². The summed E-state index contributed by atoms with van der Waals surface area (Å²) in [5, 5.41) is 14.1. The van der Waals surface area contributed by atoms with E-state index in [9.17, 15) is 9.59 Å².